The zero-order chi connectivity index (χ0) is 22.1. The number of guanidine groups is 1. The zero-order valence-corrected chi connectivity index (χ0v) is 17.3. The number of aliphatic hydroxyl groups is 2. The van der Waals surface area contributed by atoms with Crippen LogP contribution in [0.3, 0.4) is 0 Å². The second-order valence-corrected chi connectivity index (χ2v) is 6.89. The summed E-state index contributed by atoms with van der Waals surface area (Å²) in [5, 5.41) is 28.0. The van der Waals surface area contributed by atoms with Gasteiger partial charge >= 0.3 is 0 Å². The predicted octanol–water partition coefficient (Wildman–Crippen LogP) is 2.40. The molecule has 31 heavy (non-hydrogen) atoms. The lowest BCUT2D eigenvalue weighted by molar-refractivity contribution is 0.103. The number of rotatable bonds is 9. The maximum Gasteiger partial charge on any atom is 0.231 e. The van der Waals surface area contributed by atoms with Gasteiger partial charge in [0.15, 0.2) is 11.7 Å². The van der Waals surface area contributed by atoms with Crippen molar-refractivity contribution in [1.29, 1.82) is 0 Å². The molecule has 0 aliphatic rings. The lowest BCUT2D eigenvalue weighted by Crippen LogP contribution is -2.33. The van der Waals surface area contributed by atoms with E-state index in [1.165, 1.54) is 0 Å². The summed E-state index contributed by atoms with van der Waals surface area (Å²) < 4.78 is 5.37. The maximum atomic E-state index is 12.8. The van der Waals surface area contributed by atoms with Crippen molar-refractivity contribution in [2.75, 3.05) is 31.6 Å². The summed E-state index contributed by atoms with van der Waals surface area (Å²) in [5.74, 6) is 0.609. The number of carbonyl (C=O) groups excluding carboxylic acids is 1. The van der Waals surface area contributed by atoms with Crippen molar-refractivity contribution >= 4 is 17.6 Å². The van der Waals surface area contributed by atoms with Crippen LogP contribution in [0.1, 0.15) is 40.0 Å². The second-order valence-electron chi connectivity index (χ2n) is 6.89. The zero-order valence-electron chi connectivity index (χ0n) is 17.3. The molecule has 0 spiro atoms. The van der Waals surface area contributed by atoms with Crippen LogP contribution in [0.5, 0.6) is 0 Å². The predicted molar refractivity (Wildman–Crippen MR) is 118 cm³/mol. The van der Waals surface area contributed by atoms with Crippen LogP contribution in [0.2, 0.25) is 0 Å². The lowest BCUT2D eigenvalue weighted by atomic mass is 9.94. The molecule has 0 bridgehead atoms. The Morgan fingerprint density at radius 1 is 1.06 bits per heavy atom. The van der Waals surface area contributed by atoms with Crippen LogP contribution in [-0.2, 0) is 0 Å². The number of carbonyl (C=O) groups is 1. The fourth-order valence-electron chi connectivity index (χ4n) is 3.02. The van der Waals surface area contributed by atoms with Crippen molar-refractivity contribution in [2.24, 2.45) is 4.99 Å². The third-order valence-electron chi connectivity index (χ3n) is 4.67. The van der Waals surface area contributed by atoms with Crippen LogP contribution in [0, 0.1) is 0 Å². The van der Waals surface area contributed by atoms with E-state index >= 15 is 0 Å². The monoisotopic (exact) mass is 422 g/mol. The minimum absolute atomic E-state index is 0.0307. The highest BCUT2D eigenvalue weighted by molar-refractivity contribution is 6.09. The van der Waals surface area contributed by atoms with Gasteiger partial charge in [0.25, 0.3) is 0 Å². The molecular formula is C23H26N4O4. The van der Waals surface area contributed by atoms with E-state index in [9.17, 15) is 4.79 Å². The number of benzene rings is 2. The van der Waals surface area contributed by atoms with Gasteiger partial charge in [0.1, 0.15) is 0 Å². The third-order valence-corrected chi connectivity index (χ3v) is 4.67. The molecule has 8 heteroatoms. The van der Waals surface area contributed by atoms with E-state index in [4.69, 9.17) is 14.7 Å². The normalized spacial score (nSPS) is 12.4. The number of nitrogens with zero attached hydrogens (tertiary/aromatic N) is 2. The van der Waals surface area contributed by atoms with Gasteiger partial charge in [-0.3, -0.25) is 15.1 Å². The van der Waals surface area contributed by atoms with Gasteiger partial charge in [-0.05, 0) is 11.6 Å². The van der Waals surface area contributed by atoms with E-state index in [0.717, 1.165) is 5.56 Å². The van der Waals surface area contributed by atoms with E-state index in [0.29, 0.717) is 35.2 Å². The fraction of sp³-hybridized carbons (Fsp3) is 0.261. The number of aliphatic hydroxyl groups excluding tert-OH is 2. The minimum atomic E-state index is -0.106. The number of nitrogens with one attached hydrogen (secondary N) is 2. The molecule has 1 heterocycles. The van der Waals surface area contributed by atoms with Crippen molar-refractivity contribution in [3.8, 4) is 0 Å². The van der Waals surface area contributed by atoms with Gasteiger partial charge in [-0.1, -0.05) is 60.6 Å². The molecule has 0 fully saturated rings. The van der Waals surface area contributed by atoms with Gasteiger partial charge < -0.3 is 20.1 Å². The molecule has 0 aliphatic carbocycles. The van der Waals surface area contributed by atoms with Gasteiger partial charge in [0, 0.05) is 29.7 Å². The Morgan fingerprint density at radius 2 is 1.84 bits per heavy atom. The number of ketones is 1. The number of aliphatic imine (C=N–C) groups is 1. The first kappa shape index (κ1) is 22.2. The molecule has 3 aromatic rings. The summed E-state index contributed by atoms with van der Waals surface area (Å²) in [6.45, 7) is 2.34. The molecule has 162 valence electrons. The number of hydrogen-bond acceptors (Lipinski definition) is 6. The van der Waals surface area contributed by atoms with Crippen molar-refractivity contribution in [3.05, 3.63) is 83.0 Å². The number of hydrogen-bond donors (Lipinski definition) is 4. The Hall–Kier alpha value is -3.49. The van der Waals surface area contributed by atoms with Crippen LogP contribution in [-0.4, -0.2) is 53.4 Å². The SMILES string of the molecule is CC(c1cccc(C(=O)c2ccccc2)c1)c1cc(NC(=NCCO)NCCO)on1. The number of anilines is 1. The average molecular weight is 422 g/mol. The summed E-state index contributed by atoms with van der Waals surface area (Å²) in [6, 6.07) is 18.4. The summed E-state index contributed by atoms with van der Waals surface area (Å²) in [6.07, 6.45) is 0. The van der Waals surface area contributed by atoms with E-state index in [1.807, 2.05) is 43.3 Å². The molecule has 0 aliphatic heterocycles. The number of aromatic nitrogens is 1. The lowest BCUT2D eigenvalue weighted by Gasteiger charge is -2.10. The molecule has 0 saturated carbocycles. The van der Waals surface area contributed by atoms with Crippen LogP contribution in [0.4, 0.5) is 5.88 Å². The average Bonchev–Trinajstić information content (AvgIpc) is 3.29. The van der Waals surface area contributed by atoms with E-state index in [1.54, 1.807) is 24.3 Å². The highest BCUT2D eigenvalue weighted by Gasteiger charge is 2.17. The van der Waals surface area contributed by atoms with Crippen molar-refractivity contribution < 1.29 is 19.5 Å². The van der Waals surface area contributed by atoms with Crippen molar-refractivity contribution in [2.45, 2.75) is 12.8 Å². The van der Waals surface area contributed by atoms with Crippen LogP contribution >= 0.6 is 0 Å². The summed E-state index contributed by atoms with van der Waals surface area (Å²) >= 11 is 0. The van der Waals surface area contributed by atoms with Crippen LogP contribution < -0.4 is 10.6 Å². The fourth-order valence-corrected chi connectivity index (χ4v) is 3.02. The molecule has 0 amide bonds. The van der Waals surface area contributed by atoms with Gasteiger partial charge in [-0.25, -0.2) is 0 Å². The third kappa shape index (κ3) is 6.00. The van der Waals surface area contributed by atoms with Crippen molar-refractivity contribution in [3.63, 3.8) is 0 Å². The maximum absolute atomic E-state index is 12.8. The Bertz CT molecular complexity index is 1020. The molecule has 8 nitrogen and oxygen atoms in total. The molecular weight excluding hydrogens is 396 g/mol. The summed E-state index contributed by atoms with van der Waals surface area (Å²) in [5.41, 5.74) is 2.89. The molecule has 0 saturated heterocycles. The highest BCUT2D eigenvalue weighted by atomic mass is 16.5. The standard InChI is InChI=1S/C23H26N4O4/c1-16(18-8-5-9-19(14-18)22(30)17-6-3-2-4-7-17)20-15-21(31-27-20)26-23(24-10-12-28)25-11-13-29/h2-9,14-16,28-29H,10-13H2,1H3,(H2,24,25,26). The van der Waals surface area contributed by atoms with Gasteiger partial charge in [0.05, 0.1) is 25.5 Å². The highest BCUT2D eigenvalue weighted by Crippen LogP contribution is 2.26. The van der Waals surface area contributed by atoms with Crippen molar-refractivity contribution in [1.82, 2.24) is 10.5 Å². The Labute approximate surface area is 180 Å². The molecule has 2 aromatic carbocycles. The quantitative estimate of drug-likeness (QED) is 0.237. The molecule has 1 atom stereocenters. The van der Waals surface area contributed by atoms with E-state index in [2.05, 4.69) is 20.8 Å². The Kier molecular flexibility index (Phi) is 7.91. The van der Waals surface area contributed by atoms with E-state index < -0.39 is 0 Å². The van der Waals surface area contributed by atoms with E-state index in [-0.39, 0.29) is 31.5 Å². The smallest absolute Gasteiger partial charge is 0.231 e. The molecule has 4 N–H and O–H groups in total. The van der Waals surface area contributed by atoms with Crippen LogP contribution in [0.15, 0.2) is 70.2 Å². The second kappa shape index (κ2) is 11.1. The molecule has 1 unspecified atom stereocenters. The molecule has 0 radical (unpaired) electrons. The summed E-state index contributed by atoms with van der Waals surface area (Å²) in [7, 11) is 0. The first-order chi connectivity index (χ1) is 15.1. The van der Waals surface area contributed by atoms with Gasteiger partial charge in [0.2, 0.25) is 5.88 Å². The van der Waals surface area contributed by atoms with Gasteiger partial charge in [-0.2, -0.15) is 0 Å². The molecule has 3 rings (SSSR count). The topological polar surface area (TPSA) is 120 Å². The largest absolute Gasteiger partial charge is 0.395 e. The first-order valence-electron chi connectivity index (χ1n) is 10.1. The minimum Gasteiger partial charge on any atom is -0.395 e. The van der Waals surface area contributed by atoms with Gasteiger partial charge in [-0.15, -0.1) is 0 Å². The Morgan fingerprint density at radius 3 is 2.58 bits per heavy atom. The first-order valence-corrected chi connectivity index (χ1v) is 10.1. The van der Waals surface area contributed by atoms with Crippen LogP contribution in [0.25, 0.3) is 0 Å². The summed E-state index contributed by atoms with van der Waals surface area (Å²) in [4.78, 5) is 16.9. The Balaban J connectivity index is 1.74. The molecule has 1 aromatic heterocycles.